The third kappa shape index (κ3) is 4.51. The molecule has 0 radical (unpaired) electrons. The van der Waals surface area contributed by atoms with E-state index in [9.17, 15) is 4.79 Å². The molecule has 0 spiro atoms. The van der Waals surface area contributed by atoms with Gasteiger partial charge in [-0.3, -0.25) is 0 Å². The SMILES string of the molecule is CCCNC(=O)NC1CCOC(C)(C)C1. The highest BCUT2D eigenvalue weighted by atomic mass is 16.5. The quantitative estimate of drug-likeness (QED) is 0.750. The average molecular weight is 214 g/mol. The number of hydrogen-bond acceptors (Lipinski definition) is 2. The highest BCUT2D eigenvalue weighted by Gasteiger charge is 2.29. The minimum absolute atomic E-state index is 0.0560. The summed E-state index contributed by atoms with van der Waals surface area (Å²) < 4.78 is 5.59. The van der Waals surface area contributed by atoms with E-state index in [1.54, 1.807) is 0 Å². The summed E-state index contributed by atoms with van der Waals surface area (Å²) in [7, 11) is 0. The molecule has 2 amide bonds. The summed E-state index contributed by atoms with van der Waals surface area (Å²) >= 11 is 0. The molecular formula is C11H22N2O2. The van der Waals surface area contributed by atoms with Crippen LogP contribution in [0.4, 0.5) is 4.79 Å². The molecule has 1 rings (SSSR count). The van der Waals surface area contributed by atoms with E-state index in [1.807, 2.05) is 6.92 Å². The van der Waals surface area contributed by atoms with Crippen LogP contribution in [-0.4, -0.2) is 30.8 Å². The summed E-state index contributed by atoms with van der Waals surface area (Å²) in [6, 6.07) is 0.185. The van der Waals surface area contributed by atoms with Crippen LogP contribution in [-0.2, 0) is 4.74 Å². The van der Waals surface area contributed by atoms with Crippen molar-refractivity contribution in [3.05, 3.63) is 0 Å². The van der Waals surface area contributed by atoms with Crippen molar-refractivity contribution in [3.63, 3.8) is 0 Å². The molecule has 1 fully saturated rings. The predicted octanol–water partition coefficient (Wildman–Crippen LogP) is 1.65. The van der Waals surface area contributed by atoms with Gasteiger partial charge in [0, 0.05) is 19.2 Å². The third-order valence-corrected chi connectivity index (χ3v) is 2.57. The van der Waals surface area contributed by atoms with Gasteiger partial charge in [-0.25, -0.2) is 4.79 Å². The van der Waals surface area contributed by atoms with E-state index in [-0.39, 0.29) is 17.7 Å². The minimum Gasteiger partial charge on any atom is -0.375 e. The molecule has 0 aliphatic carbocycles. The summed E-state index contributed by atoms with van der Waals surface area (Å²) in [5.41, 5.74) is -0.110. The molecule has 1 unspecified atom stereocenters. The molecule has 1 aliphatic heterocycles. The molecule has 0 bridgehead atoms. The Hall–Kier alpha value is -0.770. The summed E-state index contributed by atoms with van der Waals surface area (Å²) in [6.45, 7) is 7.62. The molecule has 0 aromatic heterocycles. The number of hydrogen-bond donors (Lipinski definition) is 2. The van der Waals surface area contributed by atoms with Gasteiger partial charge in [0.1, 0.15) is 0 Å². The molecule has 1 heterocycles. The van der Waals surface area contributed by atoms with Crippen molar-refractivity contribution < 1.29 is 9.53 Å². The molecule has 4 nitrogen and oxygen atoms in total. The Morgan fingerprint density at radius 1 is 1.53 bits per heavy atom. The highest BCUT2D eigenvalue weighted by Crippen LogP contribution is 2.23. The van der Waals surface area contributed by atoms with Crippen LogP contribution in [0.1, 0.15) is 40.0 Å². The molecule has 0 aromatic carbocycles. The number of carbonyl (C=O) groups is 1. The first-order valence-electron chi connectivity index (χ1n) is 5.72. The van der Waals surface area contributed by atoms with E-state index < -0.39 is 0 Å². The molecule has 88 valence electrons. The number of rotatable bonds is 3. The second-order valence-corrected chi connectivity index (χ2v) is 4.70. The van der Waals surface area contributed by atoms with E-state index in [4.69, 9.17) is 4.74 Å². The second kappa shape index (κ2) is 5.35. The van der Waals surface area contributed by atoms with E-state index in [0.717, 1.165) is 32.4 Å². The first-order chi connectivity index (χ1) is 7.03. The molecule has 2 N–H and O–H groups in total. The second-order valence-electron chi connectivity index (χ2n) is 4.70. The van der Waals surface area contributed by atoms with Gasteiger partial charge in [-0.05, 0) is 33.1 Å². The number of amides is 2. The van der Waals surface area contributed by atoms with Crippen molar-refractivity contribution in [3.8, 4) is 0 Å². The van der Waals surface area contributed by atoms with Crippen LogP contribution in [0, 0.1) is 0 Å². The van der Waals surface area contributed by atoms with Gasteiger partial charge in [-0.1, -0.05) is 6.92 Å². The van der Waals surface area contributed by atoms with Crippen LogP contribution in [0.2, 0.25) is 0 Å². The van der Waals surface area contributed by atoms with Gasteiger partial charge in [0.2, 0.25) is 0 Å². The largest absolute Gasteiger partial charge is 0.375 e. The first kappa shape index (κ1) is 12.3. The zero-order valence-electron chi connectivity index (χ0n) is 9.93. The maximum absolute atomic E-state index is 11.4. The van der Waals surface area contributed by atoms with Crippen LogP contribution >= 0.6 is 0 Å². The molecular weight excluding hydrogens is 192 g/mol. The fraction of sp³-hybridized carbons (Fsp3) is 0.909. The Balaban J connectivity index is 2.28. The molecule has 0 saturated carbocycles. The van der Waals surface area contributed by atoms with E-state index in [0.29, 0.717) is 0 Å². The van der Waals surface area contributed by atoms with Crippen LogP contribution in [0.25, 0.3) is 0 Å². The topological polar surface area (TPSA) is 50.4 Å². The lowest BCUT2D eigenvalue weighted by molar-refractivity contribution is -0.0611. The van der Waals surface area contributed by atoms with E-state index in [1.165, 1.54) is 0 Å². The predicted molar refractivity (Wildman–Crippen MR) is 59.9 cm³/mol. The number of nitrogens with one attached hydrogen (secondary N) is 2. The first-order valence-corrected chi connectivity index (χ1v) is 5.72. The number of carbonyl (C=O) groups excluding carboxylic acids is 1. The maximum Gasteiger partial charge on any atom is 0.315 e. The number of urea groups is 1. The van der Waals surface area contributed by atoms with Crippen molar-refractivity contribution in [1.82, 2.24) is 10.6 Å². The van der Waals surface area contributed by atoms with Gasteiger partial charge in [0.15, 0.2) is 0 Å². The van der Waals surface area contributed by atoms with Crippen LogP contribution in [0.5, 0.6) is 0 Å². The minimum atomic E-state index is -0.110. The van der Waals surface area contributed by atoms with Crippen molar-refractivity contribution in [2.24, 2.45) is 0 Å². The molecule has 15 heavy (non-hydrogen) atoms. The summed E-state index contributed by atoms with van der Waals surface area (Å²) in [4.78, 5) is 11.4. The molecule has 1 saturated heterocycles. The van der Waals surface area contributed by atoms with Gasteiger partial charge in [0.25, 0.3) is 0 Å². The van der Waals surface area contributed by atoms with Crippen LogP contribution in [0.15, 0.2) is 0 Å². The average Bonchev–Trinajstić information content (AvgIpc) is 2.13. The summed E-state index contributed by atoms with van der Waals surface area (Å²) in [5, 5.41) is 5.80. The third-order valence-electron chi connectivity index (χ3n) is 2.57. The lowest BCUT2D eigenvalue weighted by Crippen LogP contribution is -2.49. The summed E-state index contributed by atoms with van der Waals surface area (Å²) in [5.74, 6) is 0. The molecule has 1 atom stereocenters. The Kier molecular flexibility index (Phi) is 4.39. The van der Waals surface area contributed by atoms with Crippen LogP contribution < -0.4 is 10.6 Å². The molecule has 0 aromatic rings. The monoisotopic (exact) mass is 214 g/mol. The van der Waals surface area contributed by atoms with Crippen molar-refractivity contribution in [2.75, 3.05) is 13.2 Å². The Morgan fingerprint density at radius 3 is 2.87 bits per heavy atom. The molecule has 4 heteroatoms. The Morgan fingerprint density at radius 2 is 2.27 bits per heavy atom. The highest BCUT2D eigenvalue weighted by molar-refractivity contribution is 5.74. The van der Waals surface area contributed by atoms with Crippen molar-refractivity contribution >= 4 is 6.03 Å². The normalized spacial score (nSPS) is 24.6. The Bertz CT molecular complexity index is 217. The van der Waals surface area contributed by atoms with Crippen molar-refractivity contribution in [2.45, 2.75) is 51.7 Å². The van der Waals surface area contributed by atoms with E-state index >= 15 is 0 Å². The van der Waals surface area contributed by atoms with Gasteiger partial charge in [-0.2, -0.15) is 0 Å². The van der Waals surface area contributed by atoms with E-state index in [2.05, 4.69) is 24.5 Å². The zero-order valence-corrected chi connectivity index (χ0v) is 9.93. The molecule has 1 aliphatic rings. The lowest BCUT2D eigenvalue weighted by atomic mass is 9.94. The number of ether oxygens (including phenoxy) is 1. The maximum atomic E-state index is 11.4. The van der Waals surface area contributed by atoms with Gasteiger partial charge in [-0.15, -0.1) is 0 Å². The lowest BCUT2D eigenvalue weighted by Gasteiger charge is -2.35. The van der Waals surface area contributed by atoms with Crippen LogP contribution in [0.3, 0.4) is 0 Å². The van der Waals surface area contributed by atoms with Gasteiger partial charge < -0.3 is 15.4 Å². The smallest absolute Gasteiger partial charge is 0.315 e. The van der Waals surface area contributed by atoms with Gasteiger partial charge in [0.05, 0.1) is 5.60 Å². The van der Waals surface area contributed by atoms with Crippen molar-refractivity contribution in [1.29, 1.82) is 0 Å². The Labute approximate surface area is 91.8 Å². The zero-order chi connectivity index (χ0) is 11.3. The standard InChI is InChI=1S/C11H22N2O2/c1-4-6-12-10(14)13-9-5-7-15-11(2,3)8-9/h9H,4-8H2,1-3H3,(H2,12,13,14). The van der Waals surface area contributed by atoms with Gasteiger partial charge >= 0.3 is 6.03 Å². The fourth-order valence-corrected chi connectivity index (χ4v) is 1.83. The summed E-state index contributed by atoms with van der Waals surface area (Å²) in [6.07, 6.45) is 2.75. The fourth-order valence-electron chi connectivity index (χ4n) is 1.83.